The Kier molecular flexibility index (Phi) is 5.14. The Morgan fingerprint density at radius 3 is 2.57 bits per heavy atom. The Morgan fingerprint density at radius 2 is 1.93 bits per heavy atom. The van der Waals surface area contributed by atoms with Crippen LogP contribution in [0, 0.1) is 12.3 Å². The first-order valence-electron chi connectivity index (χ1n) is 5.56. The minimum atomic E-state index is 0.321. The first-order valence-corrected chi connectivity index (χ1v) is 5.56. The van der Waals surface area contributed by atoms with Gasteiger partial charge in [-0.2, -0.15) is 0 Å². The van der Waals surface area contributed by atoms with E-state index in [9.17, 15) is 4.79 Å². The van der Waals surface area contributed by atoms with Crippen molar-refractivity contribution in [2.45, 2.75) is 44.9 Å². The molecular weight excluding hydrogens is 174 g/mol. The third kappa shape index (κ3) is 3.83. The number of hydrogen-bond donors (Lipinski definition) is 0. The van der Waals surface area contributed by atoms with Crippen molar-refractivity contribution in [3.05, 3.63) is 0 Å². The fourth-order valence-electron chi connectivity index (χ4n) is 1.80. The number of nitrogens with zero attached hydrogens (tertiary/aromatic N) is 1. The molecular formula is C12H19NO. The van der Waals surface area contributed by atoms with Crippen molar-refractivity contribution < 1.29 is 4.79 Å². The van der Waals surface area contributed by atoms with Crippen molar-refractivity contribution in [2.24, 2.45) is 0 Å². The molecule has 0 atom stereocenters. The second-order valence-corrected chi connectivity index (χ2v) is 3.85. The molecule has 0 N–H and O–H groups in total. The van der Waals surface area contributed by atoms with E-state index < -0.39 is 0 Å². The SMILES string of the molecule is C#CCCCCC(=O)N1CCCCC1. The highest BCUT2D eigenvalue weighted by molar-refractivity contribution is 5.76. The number of rotatable bonds is 4. The normalized spacial score (nSPS) is 16.4. The van der Waals surface area contributed by atoms with Crippen LogP contribution in [0.5, 0.6) is 0 Å². The lowest BCUT2D eigenvalue weighted by molar-refractivity contribution is -0.132. The van der Waals surface area contributed by atoms with E-state index in [4.69, 9.17) is 6.42 Å². The van der Waals surface area contributed by atoms with Gasteiger partial charge in [-0.1, -0.05) is 0 Å². The van der Waals surface area contributed by atoms with Crippen molar-refractivity contribution in [3.63, 3.8) is 0 Å². The van der Waals surface area contributed by atoms with Crippen LogP contribution in [-0.4, -0.2) is 23.9 Å². The van der Waals surface area contributed by atoms with Crippen molar-refractivity contribution in [3.8, 4) is 12.3 Å². The monoisotopic (exact) mass is 193 g/mol. The Hall–Kier alpha value is -0.970. The lowest BCUT2D eigenvalue weighted by Crippen LogP contribution is -2.35. The second kappa shape index (κ2) is 6.48. The number of terminal acetylenes is 1. The summed E-state index contributed by atoms with van der Waals surface area (Å²) < 4.78 is 0. The van der Waals surface area contributed by atoms with Gasteiger partial charge in [0.2, 0.25) is 5.91 Å². The van der Waals surface area contributed by atoms with Crippen LogP contribution in [0.15, 0.2) is 0 Å². The molecule has 2 nitrogen and oxygen atoms in total. The van der Waals surface area contributed by atoms with E-state index in [1.807, 2.05) is 4.90 Å². The molecule has 0 aromatic carbocycles. The average Bonchev–Trinajstić information content (AvgIpc) is 2.25. The lowest BCUT2D eigenvalue weighted by atomic mass is 10.1. The molecule has 14 heavy (non-hydrogen) atoms. The molecule has 2 heteroatoms. The van der Waals surface area contributed by atoms with Crippen molar-refractivity contribution in [1.29, 1.82) is 0 Å². The number of piperidine rings is 1. The molecule has 1 saturated heterocycles. The molecule has 0 aromatic heterocycles. The Morgan fingerprint density at radius 1 is 1.21 bits per heavy atom. The molecule has 0 bridgehead atoms. The minimum Gasteiger partial charge on any atom is -0.343 e. The highest BCUT2D eigenvalue weighted by Crippen LogP contribution is 2.11. The smallest absolute Gasteiger partial charge is 0.222 e. The van der Waals surface area contributed by atoms with Gasteiger partial charge in [0, 0.05) is 25.9 Å². The Balaban J connectivity index is 2.11. The van der Waals surface area contributed by atoms with Gasteiger partial charge >= 0.3 is 0 Å². The summed E-state index contributed by atoms with van der Waals surface area (Å²) in [5.41, 5.74) is 0. The molecule has 0 aromatic rings. The van der Waals surface area contributed by atoms with Crippen LogP contribution in [0.3, 0.4) is 0 Å². The maximum Gasteiger partial charge on any atom is 0.222 e. The van der Waals surface area contributed by atoms with Gasteiger partial charge in [0.05, 0.1) is 0 Å². The van der Waals surface area contributed by atoms with E-state index >= 15 is 0 Å². The molecule has 78 valence electrons. The number of carbonyl (C=O) groups excluding carboxylic acids is 1. The van der Waals surface area contributed by atoms with Gasteiger partial charge in [0.25, 0.3) is 0 Å². The molecule has 0 unspecified atom stereocenters. The molecule has 0 spiro atoms. The van der Waals surface area contributed by atoms with Crippen molar-refractivity contribution >= 4 is 5.91 Å². The number of unbranched alkanes of at least 4 members (excludes halogenated alkanes) is 2. The summed E-state index contributed by atoms with van der Waals surface area (Å²) in [4.78, 5) is 13.6. The average molecular weight is 193 g/mol. The Labute approximate surface area is 86.7 Å². The molecule has 0 radical (unpaired) electrons. The first-order chi connectivity index (χ1) is 6.84. The van der Waals surface area contributed by atoms with Gasteiger partial charge in [-0.05, 0) is 32.1 Å². The molecule has 1 fully saturated rings. The van der Waals surface area contributed by atoms with Crippen LogP contribution in [-0.2, 0) is 4.79 Å². The minimum absolute atomic E-state index is 0.321. The van der Waals surface area contributed by atoms with Gasteiger partial charge in [-0.3, -0.25) is 4.79 Å². The van der Waals surface area contributed by atoms with Gasteiger partial charge in [-0.25, -0.2) is 0 Å². The predicted octanol–water partition coefficient (Wildman–Crippen LogP) is 2.19. The van der Waals surface area contributed by atoms with E-state index in [1.165, 1.54) is 19.3 Å². The number of likely N-dealkylation sites (tertiary alicyclic amines) is 1. The third-order valence-corrected chi connectivity index (χ3v) is 2.67. The fourth-order valence-corrected chi connectivity index (χ4v) is 1.80. The quantitative estimate of drug-likeness (QED) is 0.495. The predicted molar refractivity (Wildman–Crippen MR) is 57.7 cm³/mol. The van der Waals surface area contributed by atoms with Crippen LogP contribution in [0.1, 0.15) is 44.9 Å². The summed E-state index contributed by atoms with van der Waals surface area (Å²) in [7, 11) is 0. The van der Waals surface area contributed by atoms with Crippen LogP contribution < -0.4 is 0 Å². The summed E-state index contributed by atoms with van der Waals surface area (Å²) in [5.74, 6) is 2.92. The summed E-state index contributed by atoms with van der Waals surface area (Å²) in [6.45, 7) is 1.93. The van der Waals surface area contributed by atoms with Crippen LogP contribution in [0.2, 0.25) is 0 Å². The van der Waals surface area contributed by atoms with Crippen LogP contribution >= 0.6 is 0 Å². The maximum absolute atomic E-state index is 11.6. The molecule has 0 saturated carbocycles. The van der Waals surface area contributed by atoms with Crippen LogP contribution in [0.25, 0.3) is 0 Å². The van der Waals surface area contributed by atoms with E-state index in [0.717, 1.165) is 32.4 Å². The molecule has 1 aliphatic rings. The molecule has 1 rings (SSSR count). The van der Waals surface area contributed by atoms with E-state index in [1.54, 1.807) is 0 Å². The molecule has 1 heterocycles. The van der Waals surface area contributed by atoms with Gasteiger partial charge in [0.15, 0.2) is 0 Å². The molecule has 1 aliphatic heterocycles. The highest BCUT2D eigenvalue weighted by atomic mass is 16.2. The third-order valence-electron chi connectivity index (χ3n) is 2.67. The van der Waals surface area contributed by atoms with Crippen molar-refractivity contribution in [1.82, 2.24) is 4.90 Å². The zero-order chi connectivity index (χ0) is 10.2. The second-order valence-electron chi connectivity index (χ2n) is 3.85. The topological polar surface area (TPSA) is 20.3 Å². The zero-order valence-electron chi connectivity index (χ0n) is 8.80. The first kappa shape index (κ1) is 11.1. The zero-order valence-corrected chi connectivity index (χ0v) is 8.80. The largest absolute Gasteiger partial charge is 0.343 e. The number of amides is 1. The number of carbonyl (C=O) groups is 1. The van der Waals surface area contributed by atoms with Gasteiger partial charge < -0.3 is 4.90 Å². The lowest BCUT2D eigenvalue weighted by Gasteiger charge is -2.26. The van der Waals surface area contributed by atoms with Crippen LogP contribution in [0.4, 0.5) is 0 Å². The van der Waals surface area contributed by atoms with Gasteiger partial charge in [0.1, 0.15) is 0 Å². The molecule has 0 aliphatic carbocycles. The van der Waals surface area contributed by atoms with Gasteiger partial charge in [-0.15, -0.1) is 12.3 Å². The summed E-state index contributed by atoms with van der Waals surface area (Å²) in [5, 5.41) is 0. The van der Waals surface area contributed by atoms with Crippen molar-refractivity contribution in [2.75, 3.05) is 13.1 Å². The standard InChI is InChI=1S/C12H19NO/c1-2-3-4-6-9-12(14)13-10-7-5-8-11-13/h1H,3-11H2. The summed E-state index contributed by atoms with van der Waals surface area (Å²) >= 11 is 0. The highest BCUT2D eigenvalue weighted by Gasteiger charge is 2.15. The fraction of sp³-hybridized carbons (Fsp3) is 0.750. The molecule has 1 amide bonds. The van der Waals surface area contributed by atoms with E-state index in [0.29, 0.717) is 12.3 Å². The maximum atomic E-state index is 11.6. The number of hydrogen-bond acceptors (Lipinski definition) is 1. The summed E-state index contributed by atoms with van der Waals surface area (Å²) in [6.07, 6.45) is 12.2. The van der Waals surface area contributed by atoms with E-state index in [-0.39, 0.29) is 0 Å². The Bertz CT molecular complexity index is 211. The van der Waals surface area contributed by atoms with E-state index in [2.05, 4.69) is 5.92 Å². The summed E-state index contributed by atoms with van der Waals surface area (Å²) in [6, 6.07) is 0.